The van der Waals surface area contributed by atoms with E-state index >= 15 is 0 Å². The fourth-order valence-electron chi connectivity index (χ4n) is 2.12. The van der Waals surface area contributed by atoms with E-state index < -0.39 is 0 Å². The van der Waals surface area contributed by atoms with Gasteiger partial charge in [0.25, 0.3) is 0 Å². The number of hydrogen-bond donors (Lipinski definition) is 0. The number of rotatable bonds is 2. The van der Waals surface area contributed by atoms with Gasteiger partial charge in [0.2, 0.25) is 5.91 Å². The summed E-state index contributed by atoms with van der Waals surface area (Å²) in [6.45, 7) is 2.40. The van der Waals surface area contributed by atoms with Gasteiger partial charge in [-0.2, -0.15) is 0 Å². The molecule has 2 aliphatic heterocycles. The van der Waals surface area contributed by atoms with E-state index in [0.29, 0.717) is 39.0 Å². The maximum absolute atomic E-state index is 11.9. The SMILES string of the molecule is CN1CCN(CC(=O)N2CCC(=O)CC2)C1=O. The van der Waals surface area contributed by atoms with Gasteiger partial charge in [-0.3, -0.25) is 9.59 Å². The number of carbonyl (C=O) groups is 3. The highest BCUT2D eigenvalue weighted by Crippen LogP contribution is 2.09. The number of Topliss-reactive ketones (excluding diaryl/α,β-unsaturated/α-hetero) is 1. The molecule has 2 fully saturated rings. The van der Waals surface area contributed by atoms with Gasteiger partial charge in [-0.05, 0) is 0 Å². The maximum atomic E-state index is 11.9. The molecule has 2 rings (SSSR count). The van der Waals surface area contributed by atoms with Gasteiger partial charge in [0.05, 0.1) is 0 Å². The number of urea groups is 1. The van der Waals surface area contributed by atoms with Crippen molar-refractivity contribution in [2.75, 3.05) is 39.8 Å². The molecule has 94 valence electrons. The highest BCUT2D eigenvalue weighted by Gasteiger charge is 2.29. The highest BCUT2D eigenvalue weighted by atomic mass is 16.2. The Morgan fingerprint density at radius 2 is 1.76 bits per heavy atom. The van der Waals surface area contributed by atoms with Gasteiger partial charge in [0.1, 0.15) is 12.3 Å². The molecule has 0 atom stereocenters. The molecule has 0 aromatic rings. The minimum Gasteiger partial charge on any atom is -0.340 e. The van der Waals surface area contributed by atoms with E-state index in [9.17, 15) is 14.4 Å². The van der Waals surface area contributed by atoms with Crippen LogP contribution in [0.25, 0.3) is 0 Å². The second-order valence-electron chi connectivity index (χ2n) is 4.55. The normalized spacial score (nSPS) is 21.4. The minimum absolute atomic E-state index is 0.0545. The second kappa shape index (κ2) is 4.73. The summed E-state index contributed by atoms with van der Waals surface area (Å²) in [5.74, 6) is 0.159. The Morgan fingerprint density at radius 3 is 2.29 bits per heavy atom. The summed E-state index contributed by atoms with van der Waals surface area (Å²) in [5, 5.41) is 0. The number of ketones is 1. The average molecular weight is 239 g/mol. The van der Waals surface area contributed by atoms with E-state index in [1.807, 2.05) is 0 Å². The first-order valence-electron chi connectivity index (χ1n) is 5.87. The zero-order valence-electron chi connectivity index (χ0n) is 10.0. The van der Waals surface area contributed by atoms with E-state index in [0.717, 1.165) is 0 Å². The molecular weight excluding hydrogens is 222 g/mol. The fourth-order valence-corrected chi connectivity index (χ4v) is 2.12. The van der Waals surface area contributed by atoms with Crippen LogP contribution in [0.2, 0.25) is 0 Å². The van der Waals surface area contributed by atoms with Crippen LogP contribution >= 0.6 is 0 Å². The van der Waals surface area contributed by atoms with Gasteiger partial charge in [-0.25, -0.2) is 4.79 Å². The van der Waals surface area contributed by atoms with Crippen LogP contribution in [0.15, 0.2) is 0 Å². The first kappa shape index (κ1) is 11.9. The van der Waals surface area contributed by atoms with E-state index in [4.69, 9.17) is 0 Å². The monoisotopic (exact) mass is 239 g/mol. The van der Waals surface area contributed by atoms with Crippen LogP contribution in [0.5, 0.6) is 0 Å². The molecule has 17 heavy (non-hydrogen) atoms. The molecule has 0 aromatic heterocycles. The van der Waals surface area contributed by atoms with Gasteiger partial charge in [-0.1, -0.05) is 0 Å². The van der Waals surface area contributed by atoms with E-state index in [1.54, 1.807) is 21.7 Å². The van der Waals surface area contributed by atoms with Crippen LogP contribution in [0.1, 0.15) is 12.8 Å². The molecule has 3 amide bonds. The molecule has 6 heteroatoms. The molecule has 0 spiro atoms. The Hall–Kier alpha value is -1.59. The molecule has 0 bridgehead atoms. The smallest absolute Gasteiger partial charge is 0.320 e. The Balaban J connectivity index is 1.85. The third-order valence-electron chi connectivity index (χ3n) is 3.30. The predicted octanol–water partition coefficient (Wildman–Crippen LogP) is -0.455. The van der Waals surface area contributed by atoms with Crippen LogP contribution < -0.4 is 0 Å². The van der Waals surface area contributed by atoms with Gasteiger partial charge in [0.15, 0.2) is 0 Å². The first-order chi connectivity index (χ1) is 8.08. The topological polar surface area (TPSA) is 60.9 Å². The molecule has 2 heterocycles. The average Bonchev–Trinajstić information content (AvgIpc) is 2.62. The lowest BCUT2D eigenvalue weighted by molar-refractivity contribution is -0.134. The third kappa shape index (κ3) is 2.57. The van der Waals surface area contributed by atoms with Crippen molar-refractivity contribution in [3.05, 3.63) is 0 Å². The van der Waals surface area contributed by atoms with Crippen molar-refractivity contribution in [2.45, 2.75) is 12.8 Å². The highest BCUT2D eigenvalue weighted by molar-refractivity contribution is 5.87. The van der Waals surface area contributed by atoms with Crippen molar-refractivity contribution in [1.29, 1.82) is 0 Å². The maximum Gasteiger partial charge on any atom is 0.320 e. The number of hydrogen-bond acceptors (Lipinski definition) is 3. The zero-order valence-corrected chi connectivity index (χ0v) is 10.0. The molecular formula is C11H17N3O3. The molecule has 0 unspecified atom stereocenters. The lowest BCUT2D eigenvalue weighted by Crippen LogP contribution is -2.45. The molecule has 0 radical (unpaired) electrons. The number of piperidine rings is 1. The summed E-state index contributed by atoms with van der Waals surface area (Å²) >= 11 is 0. The number of amides is 3. The zero-order chi connectivity index (χ0) is 12.4. The molecule has 2 saturated heterocycles. The van der Waals surface area contributed by atoms with Crippen molar-refractivity contribution in [2.24, 2.45) is 0 Å². The predicted molar refractivity (Wildman–Crippen MR) is 60.4 cm³/mol. The van der Waals surface area contributed by atoms with Gasteiger partial charge < -0.3 is 14.7 Å². The Labute approximate surface area is 100 Å². The van der Waals surface area contributed by atoms with Crippen LogP contribution in [0, 0.1) is 0 Å². The van der Waals surface area contributed by atoms with E-state index in [1.165, 1.54) is 0 Å². The number of likely N-dealkylation sites (tertiary alicyclic amines) is 1. The number of nitrogens with zero attached hydrogens (tertiary/aromatic N) is 3. The molecule has 2 aliphatic rings. The standard InChI is InChI=1S/C11H17N3O3/c1-12-6-7-14(11(12)17)8-10(16)13-4-2-9(15)3-5-13/h2-8H2,1H3. The summed E-state index contributed by atoms with van der Waals surface area (Å²) in [5.41, 5.74) is 0. The van der Waals surface area contributed by atoms with Crippen molar-refractivity contribution < 1.29 is 14.4 Å². The van der Waals surface area contributed by atoms with Crippen LogP contribution in [-0.2, 0) is 9.59 Å². The molecule has 6 nitrogen and oxygen atoms in total. The van der Waals surface area contributed by atoms with Crippen LogP contribution in [0.4, 0.5) is 4.79 Å². The van der Waals surface area contributed by atoms with Gasteiger partial charge in [-0.15, -0.1) is 0 Å². The minimum atomic E-state index is -0.0913. The summed E-state index contributed by atoms with van der Waals surface area (Å²) in [4.78, 5) is 39.4. The number of carbonyl (C=O) groups excluding carboxylic acids is 3. The molecule has 0 saturated carbocycles. The Bertz CT molecular complexity index is 346. The van der Waals surface area contributed by atoms with Crippen molar-refractivity contribution in [3.63, 3.8) is 0 Å². The second-order valence-corrected chi connectivity index (χ2v) is 4.55. The largest absolute Gasteiger partial charge is 0.340 e. The van der Waals surface area contributed by atoms with Gasteiger partial charge >= 0.3 is 6.03 Å². The van der Waals surface area contributed by atoms with Crippen molar-refractivity contribution in [1.82, 2.24) is 14.7 Å². The van der Waals surface area contributed by atoms with Crippen LogP contribution in [-0.4, -0.2) is 72.2 Å². The summed E-state index contributed by atoms with van der Waals surface area (Å²) in [6.07, 6.45) is 0.888. The molecule has 0 N–H and O–H groups in total. The summed E-state index contributed by atoms with van der Waals surface area (Å²) < 4.78 is 0. The Morgan fingerprint density at radius 1 is 1.12 bits per heavy atom. The third-order valence-corrected chi connectivity index (χ3v) is 3.30. The first-order valence-corrected chi connectivity index (χ1v) is 5.87. The molecule has 0 aromatic carbocycles. The summed E-state index contributed by atoms with van der Waals surface area (Å²) in [7, 11) is 1.73. The summed E-state index contributed by atoms with van der Waals surface area (Å²) in [6, 6.07) is -0.0913. The van der Waals surface area contributed by atoms with E-state index in [-0.39, 0.29) is 24.3 Å². The molecule has 0 aliphatic carbocycles. The fraction of sp³-hybridized carbons (Fsp3) is 0.727. The van der Waals surface area contributed by atoms with E-state index in [2.05, 4.69) is 0 Å². The van der Waals surface area contributed by atoms with Crippen molar-refractivity contribution >= 4 is 17.7 Å². The van der Waals surface area contributed by atoms with Crippen LogP contribution in [0.3, 0.4) is 0 Å². The van der Waals surface area contributed by atoms with Gasteiger partial charge in [0, 0.05) is 46.1 Å². The Kier molecular flexibility index (Phi) is 3.31. The lowest BCUT2D eigenvalue weighted by atomic mass is 10.1. The van der Waals surface area contributed by atoms with Crippen molar-refractivity contribution in [3.8, 4) is 0 Å². The number of likely N-dealkylation sites (N-methyl/N-ethyl adjacent to an activating group) is 1. The lowest BCUT2D eigenvalue weighted by Gasteiger charge is -2.27. The quantitative estimate of drug-likeness (QED) is 0.655.